The molecular weight excluding hydrogens is 344 g/mol. The van der Waals surface area contributed by atoms with E-state index in [0.29, 0.717) is 5.02 Å². The van der Waals surface area contributed by atoms with Crippen LogP contribution in [-0.4, -0.2) is 40.4 Å². The Balaban J connectivity index is 2.01. The van der Waals surface area contributed by atoms with Gasteiger partial charge in [-0.1, -0.05) is 36.6 Å². The van der Waals surface area contributed by atoms with E-state index in [1.165, 1.54) is 4.90 Å². The third kappa shape index (κ3) is 5.74. The van der Waals surface area contributed by atoms with Crippen LogP contribution in [0.2, 0.25) is 5.02 Å². The van der Waals surface area contributed by atoms with Crippen molar-refractivity contribution < 1.29 is 19.5 Å². The quantitative estimate of drug-likeness (QED) is 0.776. The fourth-order valence-electron chi connectivity index (χ4n) is 3.04. The van der Waals surface area contributed by atoms with E-state index in [2.05, 4.69) is 5.32 Å². The molecule has 0 aliphatic heterocycles. The van der Waals surface area contributed by atoms with E-state index >= 15 is 0 Å². The Morgan fingerprint density at radius 2 is 1.84 bits per heavy atom. The largest absolute Gasteiger partial charge is 0.480 e. The number of nitrogens with zero attached hydrogens (tertiary/aromatic N) is 1. The van der Waals surface area contributed by atoms with Gasteiger partial charge < -0.3 is 15.3 Å². The summed E-state index contributed by atoms with van der Waals surface area (Å²) in [6, 6.07) is 6.09. The highest BCUT2D eigenvalue weighted by Crippen LogP contribution is 2.24. The lowest BCUT2D eigenvalue weighted by Crippen LogP contribution is -2.49. The molecule has 0 heterocycles. The minimum Gasteiger partial charge on any atom is -0.480 e. The van der Waals surface area contributed by atoms with Gasteiger partial charge >= 0.3 is 5.97 Å². The highest BCUT2D eigenvalue weighted by Gasteiger charge is 2.28. The van der Waals surface area contributed by atoms with Crippen molar-refractivity contribution in [3.05, 3.63) is 34.9 Å². The molecule has 2 rings (SSSR count). The minimum atomic E-state index is -1.10. The topological polar surface area (TPSA) is 86.7 Å². The summed E-state index contributed by atoms with van der Waals surface area (Å²) in [6.07, 6.45) is 3.75. The Morgan fingerprint density at radius 1 is 1.24 bits per heavy atom. The summed E-state index contributed by atoms with van der Waals surface area (Å²) in [5, 5.41) is 12.4. The molecule has 0 spiro atoms. The Hall–Kier alpha value is -2.08. The van der Waals surface area contributed by atoms with E-state index in [0.717, 1.165) is 31.2 Å². The van der Waals surface area contributed by atoms with Crippen LogP contribution in [0, 0.1) is 5.92 Å². The zero-order valence-corrected chi connectivity index (χ0v) is 15.0. The molecule has 2 amide bonds. The maximum atomic E-state index is 12.6. The molecule has 6 nitrogen and oxygen atoms in total. The highest BCUT2D eigenvalue weighted by atomic mass is 35.5. The number of carboxylic acid groups (broad SMARTS) is 1. The van der Waals surface area contributed by atoms with Crippen LogP contribution in [-0.2, 0) is 20.9 Å². The number of hydrogen-bond donors (Lipinski definition) is 2. The summed E-state index contributed by atoms with van der Waals surface area (Å²) in [4.78, 5) is 37.1. The van der Waals surface area contributed by atoms with Gasteiger partial charge in [0, 0.05) is 17.5 Å². The molecule has 1 saturated carbocycles. The lowest BCUT2D eigenvalue weighted by molar-refractivity contribution is -0.146. The lowest BCUT2D eigenvalue weighted by atomic mass is 10.1. The van der Waals surface area contributed by atoms with Crippen LogP contribution in [0.25, 0.3) is 0 Å². The van der Waals surface area contributed by atoms with E-state index in [1.807, 2.05) is 0 Å². The average molecular weight is 367 g/mol. The highest BCUT2D eigenvalue weighted by molar-refractivity contribution is 6.30. The van der Waals surface area contributed by atoms with Crippen molar-refractivity contribution >= 4 is 29.4 Å². The van der Waals surface area contributed by atoms with Gasteiger partial charge in [0.2, 0.25) is 11.8 Å². The smallest absolute Gasteiger partial charge is 0.323 e. The number of hydrogen-bond acceptors (Lipinski definition) is 3. The molecule has 1 unspecified atom stereocenters. The van der Waals surface area contributed by atoms with E-state index in [9.17, 15) is 14.4 Å². The van der Waals surface area contributed by atoms with Crippen LogP contribution in [0.5, 0.6) is 0 Å². The number of nitrogens with one attached hydrogen (secondary N) is 1. The number of amides is 2. The third-order valence-electron chi connectivity index (χ3n) is 4.38. The number of halogens is 1. The normalized spacial score (nSPS) is 15.6. The van der Waals surface area contributed by atoms with Gasteiger partial charge in [0.15, 0.2) is 0 Å². The number of carbonyl (C=O) groups excluding carboxylic acids is 2. The van der Waals surface area contributed by atoms with Gasteiger partial charge in [0.05, 0.1) is 0 Å². The second kappa shape index (κ2) is 8.85. The van der Waals surface area contributed by atoms with Gasteiger partial charge in [-0.15, -0.1) is 0 Å². The van der Waals surface area contributed by atoms with Crippen molar-refractivity contribution in [1.29, 1.82) is 0 Å². The second-order valence-corrected chi connectivity index (χ2v) is 6.86. The lowest BCUT2D eigenvalue weighted by Gasteiger charge is -2.25. The Morgan fingerprint density at radius 3 is 2.40 bits per heavy atom. The summed E-state index contributed by atoms with van der Waals surface area (Å²) in [5.41, 5.74) is 0.772. The molecule has 0 aromatic heterocycles. The Bertz CT molecular complexity index is 626. The van der Waals surface area contributed by atoms with E-state index in [4.69, 9.17) is 16.7 Å². The van der Waals surface area contributed by atoms with Crippen molar-refractivity contribution in [2.24, 2.45) is 5.92 Å². The van der Waals surface area contributed by atoms with Gasteiger partial charge in [-0.05, 0) is 37.5 Å². The first-order chi connectivity index (χ1) is 11.9. The number of carbonyl (C=O) groups is 3. The van der Waals surface area contributed by atoms with Crippen LogP contribution in [0.15, 0.2) is 24.3 Å². The van der Waals surface area contributed by atoms with E-state index in [1.54, 1.807) is 31.2 Å². The summed E-state index contributed by atoms with van der Waals surface area (Å²) >= 11 is 5.84. The average Bonchev–Trinajstić information content (AvgIpc) is 3.09. The van der Waals surface area contributed by atoms with Crippen molar-refractivity contribution in [1.82, 2.24) is 10.2 Å². The van der Waals surface area contributed by atoms with Crippen molar-refractivity contribution in [2.75, 3.05) is 6.54 Å². The first-order valence-electron chi connectivity index (χ1n) is 8.42. The SMILES string of the molecule is CC(NC(=O)C1CCCC1)C(=O)N(CC(=O)O)Cc1ccc(Cl)cc1. The van der Waals surface area contributed by atoms with Crippen LogP contribution >= 0.6 is 11.6 Å². The third-order valence-corrected chi connectivity index (χ3v) is 4.63. The van der Waals surface area contributed by atoms with Gasteiger partial charge in [-0.25, -0.2) is 0 Å². The van der Waals surface area contributed by atoms with E-state index in [-0.39, 0.29) is 18.4 Å². The standard InChI is InChI=1S/C18H23ClN2O4/c1-12(20-17(24)14-4-2-3-5-14)18(25)21(11-16(22)23)10-13-6-8-15(19)9-7-13/h6-9,12,14H,2-5,10-11H2,1H3,(H,20,24)(H,22,23). The molecule has 0 radical (unpaired) electrons. The number of carboxylic acids is 1. The van der Waals surface area contributed by atoms with Crippen molar-refractivity contribution in [3.8, 4) is 0 Å². The molecule has 1 aliphatic rings. The fourth-order valence-corrected chi connectivity index (χ4v) is 3.17. The monoisotopic (exact) mass is 366 g/mol. The van der Waals surface area contributed by atoms with Gasteiger partial charge in [0.1, 0.15) is 12.6 Å². The number of aliphatic carboxylic acids is 1. The summed E-state index contributed by atoms with van der Waals surface area (Å²) in [6.45, 7) is 1.31. The number of rotatable bonds is 7. The van der Waals surface area contributed by atoms with Crippen molar-refractivity contribution in [3.63, 3.8) is 0 Å². The molecule has 7 heteroatoms. The van der Waals surface area contributed by atoms with Crippen LogP contribution in [0.4, 0.5) is 0 Å². The molecule has 136 valence electrons. The molecule has 25 heavy (non-hydrogen) atoms. The summed E-state index contributed by atoms with van der Waals surface area (Å²) in [5.74, 6) is -1.68. The maximum absolute atomic E-state index is 12.6. The first-order valence-corrected chi connectivity index (χ1v) is 8.80. The predicted octanol–water partition coefficient (Wildman–Crippen LogP) is 2.45. The molecule has 1 atom stereocenters. The van der Waals surface area contributed by atoms with Gasteiger partial charge in [-0.2, -0.15) is 0 Å². The molecule has 0 bridgehead atoms. The first kappa shape index (κ1) is 19.2. The summed E-state index contributed by atoms with van der Waals surface area (Å²) in [7, 11) is 0. The zero-order chi connectivity index (χ0) is 18.4. The maximum Gasteiger partial charge on any atom is 0.323 e. The van der Waals surface area contributed by atoms with Gasteiger partial charge in [-0.3, -0.25) is 14.4 Å². The second-order valence-electron chi connectivity index (χ2n) is 6.43. The van der Waals surface area contributed by atoms with Crippen LogP contribution in [0.1, 0.15) is 38.2 Å². The zero-order valence-electron chi connectivity index (χ0n) is 14.2. The number of benzene rings is 1. The Labute approximate surface area is 152 Å². The minimum absolute atomic E-state index is 0.0422. The Kier molecular flexibility index (Phi) is 6.82. The molecule has 0 saturated heterocycles. The van der Waals surface area contributed by atoms with Crippen LogP contribution in [0.3, 0.4) is 0 Å². The van der Waals surface area contributed by atoms with E-state index < -0.39 is 24.5 Å². The molecule has 1 aliphatic carbocycles. The molecule has 1 aromatic rings. The fraction of sp³-hybridized carbons (Fsp3) is 0.500. The predicted molar refractivity (Wildman–Crippen MR) is 94.1 cm³/mol. The molecule has 1 fully saturated rings. The molecule has 1 aromatic carbocycles. The summed E-state index contributed by atoms with van der Waals surface area (Å²) < 4.78 is 0. The van der Waals surface area contributed by atoms with Gasteiger partial charge in [0.25, 0.3) is 0 Å². The van der Waals surface area contributed by atoms with Crippen molar-refractivity contribution in [2.45, 2.75) is 45.2 Å². The molecule has 2 N–H and O–H groups in total. The van der Waals surface area contributed by atoms with Crippen LogP contribution < -0.4 is 5.32 Å². The molecular formula is C18H23ClN2O4.